The highest BCUT2D eigenvalue weighted by atomic mass is 32.1. The van der Waals surface area contributed by atoms with Gasteiger partial charge < -0.3 is 14.8 Å². The second-order valence-electron chi connectivity index (χ2n) is 4.24. The van der Waals surface area contributed by atoms with Crippen molar-refractivity contribution in [3.05, 3.63) is 35.3 Å². The summed E-state index contributed by atoms with van der Waals surface area (Å²) in [7, 11) is 1.62. The molecule has 0 aliphatic carbocycles. The van der Waals surface area contributed by atoms with Gasteiger partial charge >= 0.3 is 6.03 Å². The molecular formula is C14H17N3O3S. The molecule has 1 aromatic carbocycles. The van der Waals surface area contributed by atoms with Crippen LogP contribution < -0.4 is 15.4 Å². The molecule has 7 heteroatoms. The molecule has 0 fully saturated rings. The molecule has 0 saturated heterocycles. The number of methoxy groups -OCH3 is 1. The maximum absolute atomic E-state index is 11.8. The van der Waals surface area contributed by atoms with Crippen molar-refractivity contribution in [2.24, 2.45) is 0 Å². The molecule has 2 amide bonds. The maximum atomic E-state index is 11.8. The average Bonchev–Trinajstić information content (AvgIpc) is 2.84. The second-order valence-corrected chi connectivity index (χ2v) is 5.10. The molecule has 0 aliphatic heterocycles. The molecular weight excluding hydrogens is 290 g/mol. The summed E-state index contributed by atoms with van der Waals surface area (Å²) in [6.07, 6.45) is 0. The monoisotopic (exact) mass is 307 g/mol. The molecule has 21 heavy (non-hydrogen) atoms. The number of hydrogen-bond donors (Lipinski definition) is 2. The predicted molar refractivity (Wildman–Crippen MR) is 83.3 cm³/mol. The van der Waals surface area contributed by atoms with E-state index in [1.54, 1.807) is 19.2 Å². The van der Waals surface area contributed by atoms with E-state index >= 15 is 0 Å². The predicted octanol–water partition coefficient (Wildman–Crippen LogP) is 3.12. The third-order valence-electron chi connectivity index (χ3n) is 2.49. The Bertz CT molecular complexity index is 601. The Balaban J connectivity index is 1.89. The molecule has 1 heterocycles. The van der Waals surface area contributed by atoms with Gasteiger partial charge in [0.05, 0.1) is 12.3 Å². The average molecular weight is 307 g/mol. The molecule has 2 rings (SSSR count). The summed E-state index contributed by atoms with van der Waals surface area (Å²) in [5.41, 5.74) is 1.53. The Morgan fingerprint density at radius 3 is 2.90 bits per heavy atom. The molecule has 0 aliphatic rings. The van der Waals surface area contributed by atoms with Crippen LogP contribution in [-0.4, -0.2) is 31.3 Å². The molecule has 0 radical (unpaired) electrons. The van der Waals surface area contributed by atoms with Gasteiger partial charge in [-0.1, -0.05) is 6.07 Å². The summed E-state index contributed by atoms with van der Waals surface area (Å²) in [5.74, 6) is 0.676. The number of urea groups is 1. The van der Waals surface area contributed by atoms with Gasteiger partial charge in [-0.05, 0) is 19.1 Å². The minimum absolute atomic E-state index is 0.335. The van der Waals surface area contributed by atoms with Crippen LogP contribution in [0.25, 0.3) is 0 Å². The minimum Gasteiger partial charge on any atom is -0.491 e. The first kappa shape index (κ1) is 15.3. The van der Waals surface area contributed by atoms with Crippen LogP contribution in [0.2, 0.25) is 0 Å². The lowest BCUT2D eigenvalue weighted by Crippen LogP contribution is -2.19. The Kier molecular flexibility index (Phi) is 5.53. The minimum atomic E-state index is -0.335. The topological polar surface area (TPSA) is 72.5 Å². The van der Waals surface area contributed by atoms with Crippen molar-refractivity contribution in [3.63, 3.8) is 0 Å². The van der Waals surface area contributed by atoms with E-state index < -0.39 is 0 Å². The normalized spacial score (nSPS) is 10.2. The van der Waals surface area contributed by atoms with Crippen LogP contribution in [0.5, 0.6) is 5.75 Å². The Morgan fingerprint density at radius 1 is 1.33 bits per heavy atom. The van der Waals surface area contributed by atoms with Crippen LogP contribution >= 0.6 is 11.3 Å². The highest BCUT2D eigenvalue weighted by Gasteiger charge is 2.06. The van der Waals surface area contributed by atoms with E-state index in [2.05, 4.69) is 15.6 Å². The van der Waals surface area contributed by atoms with E-state index in [1.807, 2.05) is 24.4 Å². The first-order valence-electron chi connectivity index (χ1n) is 6.39. The number of carbonyl (C=O) groups is 1. The number of aryl methyl sites for hydroxylation is 1. The fourth-order valence-corrected chi connectivity index (χ4v) is 2.26. The molecule has 0 bridgehead atoms. The zero-order chi connectivity index (χ0) is 15.1. The number of benzene rings is 1. The zero-order valence-electron chi connectivity index (χ0n) is 11.9. The van der Waals surface area contributed by atoms with Gasteiger partial charge in [-0.25, -0.2) is 9.78 Å². The quantitative estimate of drug-likeness (QED) is 0.804. The molecule has 0 saturated carbocycles. The van der Waals surface area contributed by atoms with E-state index in [-0.39, 0.29) is 6.03 Å². The summed E-state index contributed by atoms with van der Waals surface area (Å²) in [6.45, 7) is 2.85. The number of thiazole rings is 1. The summed E-state index contributed by atoms with van der Waals surface area (Å²) >= 11 is 1.38. The first-order valence-corrected chi connectivity index (χ1v) is 7.27. The van der Waals surface area contributed by atoms with Crippen molar-refractivity contribution in [1.29, 1.82) is 0 Å². The number of nitrogens with one attached hydrogen (secondary N) is 2. The van der Waals surface area contributed by atoms with Crippen LogP contribution in [0.4, 0.5) is 15.6 Å². The fraction of sp³-hybridized carbons (Fsp3) is 0.286. The highest BCUT2D eigenvalue weighted by molar-refractivity contribution is 7.13. The Hall–Kier alpha value is -2.12. The lowest BCUT2D eigenvalue weighted by molar-refractivity contribution is 0.146. The van der Waals surface area contributed by atoms with Crippen LogP contribution in [-0.2, 0) is 4.74 Å². The Labute approximate surface area is 127 Å². The van der Waals surface area contributed by atoms with Crippen LogP contribution in [0.3, 0.4) is 0 Å². The number of anilines is 2. The largest absolute Gasteiger partial charge is 0.491 e. The lowest BCUT2D eigenvalue weighted by atomic mass is 10.3. The van der Waals surface area contributed by atoms with Crippen molar-refractivity contribution in [3.8, 4) is 5.75 Å². The summed E-state index contributed by atoms with van der Waals surface area (Å²) in [4.78, 5) is 16.0. The number of hydrogen-bond acceptors (Lipinski definition) is 5. The third kappa shape index (κ3) is 5.05. The summed E-state index contributed by atoms with van der Waals surface area (Å²) in [6, 6.07) is 6.84. The van der Waals surface area contributed by atoms with Gasteiger partial charge in [0, 0.05) is 24.2 Å². The first-order chi connectivity index (χ1) is 10.2. The smallest absolute Gasteiger partial charge is 0.325 e. The zero-order valence-corrected chi connectivity index (χ0v) is 12.7. The van der Waals surface area contributed by atoms with Gasteiger partial charge in [0.25, 0.3) is 0 Å². The number of rotatable bonds is 6. The highest BCUT2D eigenvalue weighted by Crippen LogP contribution is 2.18. The fourth-order valence-electron chi connectivity index (χ4n) is 1.58. The van der Waals surface area contributed by atoms with E-state index in [1.165, 1.54) is 11.3 Å². The van der Waals surface area contributed by atoms with Gasteiger partial charge in [0.15, 0.2) is 5.13 Å². The van der Waals surface area contributed by atoms with Crippen molar-refractivity contribution >= 4 is 28.2 Å². The lowest BCUT2D eigenvalue weighted by Gasteiger charge is -2.09. The van der Waals surface area contributed by atoms with Gasteiger partial charge in [-0.2, -0.15) is 0 Å². The van der Waals surface area contributed by atoms with Gasteiger partial charge in [-0.15, -0.1) is 11.3 Å². The maximum Gasteiger partial charge on any atom is 0.325 e. The van der Waals surface area contributed by atoms with Crippen LogP contribution in [0.1, 0.15) is 5.69 Å². The second kappa shape index (κ2) is 7.61. The molecule has 2 aromatic rings. The van der Waals surface area contributed by atoms with E-state index in [4.69, 9.17) is 9.47 Å². The molecule has 0 unspecified atom stereocenters. The number of carbonyl (C=O) groups excluding carboxylic acids is 1. The molecule has 0 spiro atoms. The van der Waals surface area contributed by atoms with Gasteiger partial charge in [0.2, 0.25) is 0 Å². The van der Waals surface area contributed by atoms with Crippen molar-refractivity contribution in [1.82, 2.24) is 4.98 Å². The number of amides is 2. The molecule has 1 aromatic heterocycles. The standard InChI is InChI=1S/C14H17N3O3S/c1-10-9-21-14(15-10)17-13(18)16-11-4-3-5-12(8-11)20-7-6-19-2/h3-5,8-9H,6-7H2,1-2H3,(H2,15,16,17,18). The van der Waals surface area contributed by atoms with E-state index in [0.717, 1.165) is 5.69 Å². The number of aromatic nitrogens is 1. The Morgan fingerprint density at radius 2 is 2.19 bits per heavy atom. The molecule has 6 nitrogen and oxygen atoms in total. The number of nitrogens with zero attached hydrogens (tertiary/aromatic N) is 1. The van der Waals surface area contributed by atoms with Gasteiger partial charge in [0.1, 0.15) is 12.4 Å². The SMILES string of the molecule is COCCOc1cccc(NC(=O)Nc2nc(C)cs2)c1. The van der Waals surface area contributed by atoms with Gasteiger partial charge in [-0.3, -0.25) is 5.32 Å². The molecule has 0 atom stereocenters. The molecule has 2 N–H and O–H groups in total. The van der Waals surface area contributed by atoms with Crippen molar-refractivity contribution in [2.45, 2.75) is 6.92 Å². The summed E-state index contributed by atoms with van der Waals surface area (Å²) < 4.78 is 10.4. The van der Waals surface area contributed by atoms with E-state index in [9.17, 15) is 4.79 Å². The third-order valence-corrected chi connectivity index (χ3v) is 3.36. The van der Waals surface area contributed by atoms with Crippen molar-refractivity contribution in [2.75, 3.05) is 31.0 Å². The summed E-state index contributed by atoms with van der Waals surface area (Å²) in [5, 5.41) is 7.86. The van der Waals surface area contributed by atoms with Crippen molar-refractivity contribution < 1.29 is 14.3 Å². The van der Waals surface area contributed by atoms with Crippen LogP contribution in [0, 0.1) is 6.92 Å². The number of ether oxygens (including phenoxy) is 2. The molecule has 112 valence electrons. The van der Waals surface area contributed by atoms with E-state index in [0.29, 0.717) is 29.8 Å². The van der Waals surface area contributed by atoms with Crippen LogP contribution in [0.15, 0.2) is 29.6 Å².